The molecule has 1 aromatic heterocycles. The zero-order chi connectivity index (χ0) is 21.2. The van der Waals surface area contributed by atoms with Crippen LogP contribution in [0.5, 0.6) is 0 Å². The highest BCUT2D eigenvalue weighted by molar-refractivity contribution is 7.91. The van der Waals surface area contributed by atoms with Gasteiger partial charge in [0.1, 0.15) is 5.60 Å². The Morgan fingerprint density at radius 3 is 2.38 bits per heavy atom. The normalized spacial score (nSPS) is 12.1. The number of aryl methyl sites for hydroxylation is 1. The molecule has 3 aromatic rings. The molecule has 0 bridgehead atoms. The Morgan fingerprint density at radius 1 is 1.07 bits per heavy atom. The minimum atomic E-state index is -3.60. The molecule has 2 aromatic carbocycles. The molecule has 1 heterocycles. The number of alkyl carbamates (subject to hydrolysis) is 1. The van der Waals surface area contributed by atoms with Gasteiger partial charge in [-0.2, -0.15) is 0 Å². The lowest BCUT2D eigenvalue weighted by atomic mass is 10.1. The second-order valence-electron chi connectivity index (χ2n) is 8.02. The molecule has 1 amide bonds. The van der Waals surface area contributed by atoms with E-state index in [-0.39, 0.29) is 9.79 Å². The third-order valence-electron chi connectivity index (χ3n) is 4.44. The lowest BCUT2D eigenvalue weighted by Gasteiger charge is -2.19. The summed E-state index contributed by atoms with van der Waals surface area (Å²) in [7, 11) is -3.60. The number of benzene rings is 2. The molecule has 7 heteroatoms. The topological polar surface area (TPSA) is 88.3 Å². The number of hydrogen-bond acceptors (Lipinski definition) is 4. The van der Waals surface area contributed by atoms with Crippen LogP contribution in [0, 0.1) is 6.92 Å². The van der Waals surface area contributed by atoms with Crippen LogP contribution >= 0.6 is 0 Å². The van der Waals surface area contributed by atoms with Crippen molar-refractivity contribution in [2.75, 3.05) is 6.54 Å². The minimum Gasteiger partial charge on any atom is -0.444 e. The number of amides is 1. The Balaban J connectivity index is 1.80. The Hall–Kier alpha value is -2.80. The number of carbonyl (C=O) groups is 1. The predicted molar refractivity (Wildman–Crippen MR) is 113 cm³/mol. The van der Waals surface area contributed by atoms with Crippen LogP contribution in [0.3, 0.4) is 0 Å². The van der Waals surface area contributed by atoms with Crippen molar-refractivity contribution in [2.45, 2.75) is 49.5 Å². The lowest BCUT2D eigenvalue weighted by molar-refractivity contribution is 0.0528. The van der Waals surface area contributed by atoms with E-state index in [4.69, 9.17) is 4.74 Å². The van der Waals surface area contributed by atoms with Crippen LogP contribution in [-0.2, 0) is 21.0 Å². The molecule has 6 nitrogen and oxygen atoms in total. The first kappa shape index (κ1) is 20.9. The number of ether oxygens (including phenoxy) is 1. The summed E-state index contributed by atoms with van der Waals surface area (Å²) in [6, 6.07) is 11.9. The summed E-state index contributed by atoms with van der Waals surface area (Å²) in [6.07, 6.45) is 1.91. The molecule has 0 unspecified atom stereocenters. The summed E-state index contributed by atoms with van der Waals surface area (Å²) >= 11 is 0. The largest absolute Gasteiger partial charge is 0.444 e. The van der Waals surface area contributed by atoms with E-state index in [9.17, 15) is 13.2 Å². The van der Waals surface area contributed by atoms with Gasteiger partial charge in [-0.3, -0.25) is 0 Å². The van der Waals surface area contributed by atoms with Gasteiger partial charge in [0.2, 0.25) is 9.84 Å². The number of aromatic amines is 1. The smallest absolute Gasteiger partial charge is 0.407 e. The summed E-state index contributed by atoms with van der Waals surface area (Å²) in [6.45, 7) is 7.73. The van der Waals surface area contributed by atoms with Crippen molar-refractivity contribution >= 4 is 26.8 Å². The zero-order valence-electron chi connectivity index (χ0n) is 17.1. The van der Waals surface area contributed by atoms with Crippen molar-refractivity contribution in [1.29, 1.82) is 0 Å². The minimum absolute atomic E-state index is 0.245. The first-order valence-corrected chi connectivity index (χ1v) is 10.9. The number of nitrogens with one attached hydrogen (secondary N) is 2. The number of carbonyl (C=O) groups excluding carboxylic acids is 1. The highest BCUT2D eigenvalue weighted by atomic mass is 32.2. The number of rotatable bonds is 5. The van der Waals surface area contributed by atoms with Gasteiger partial charge in [0.15, 0.2) is 0 Å². The molecule has 154 valence electrons. The SMILES string of the molecule is Cc1ccc(S(=O)(=O)c2ccc3[nH]cc(CCNC(=O)OC(C)(C)C)c3c2)cc1. The van der Waals surface area contributed by atoms with E-state index in [1.807, 2.05) is 33.9 Å². The molecule has 2 N–H and O–H groups in total. The molecule has 0 aliphatic rings. The number of fused-ring (bicyclic) bond motifs is 1. The number of aromatic nitrogens is 1. The summed E-state index contributed by atoms with van der Waals surface area (Å²) in [5, 5.41) is 3.55. The van der Waals surface area contributed by atoms with Gasteiger partial charge < -0.3 is 15.0 Å². The van der Waals surface area contributed by atoms with Crippen molar-refractivity contribution in [1.82, 2.24) is 10.3 Å². The fraction of sp³-hybridized carbons (Fsp3) is 0.318. The maximum Gasteiger partial charge on any atom is 0.407 e. The average molecular weight is 415 g/mol. The molecule has 0 atom stereocenters. The van der Waals surface area contributed by atoms with E-state index in [0.29, 0.717) is 13.0 Å². The number of sulfone groups is 1. The second-order valence-corrected chi connectivity index (χ2v) is 9.97. The van der Waals surface area contributed by atoms with Crippen LogP contribution < -0.4 is 5.32 Å². The molecule has 29 heavy (non-hydrogen) atoms. The van der Waals surface area contributed by atoms with Gasteiger partial charge in [-0.05, 0) is 70.0 Å². The van der Waals surface area contributed by atoms with Gasteiger partial charge in [-0.1, -0.05) is 17.7 Å². The van der Waals surface area contributed by atoms with Crippen molar-refractivity contribution in [3.8, 4) is 0 Å². The van der Waals surface area contributed by atoms with Crippen LogP contribution in [0.4, 0.5) is 4.79 Å². The summed E-state index contributed by atoms with van der Waals surface area (Å²) in [5.41, 5.74) is 2.23. The summed E-state index contributed by atoms with van der Waals surface area (Å²) in [4.78, 5) is 15.5. The predicted octanol–water partition coefficient (Wildman–Crippen LogP) is 4.38. The van der Waals surface area contributed by atoms with Gasteiger partial charge in [0.05, 0.1) is 9.79 Å². The highest BCUT2D eigenvalue weighted by Gasteiger charge is 2.19. The van der Waals surface area contributed by atoms with Crippen LogP contribution in [-0.4, -0.2) is 31.6 Å². The van der Waals surface area contributed by atoms with E-state index in [0.717, 1.165) is 22.0 Å². The molecular weight excluding hydrogens is 388 g/mol. The average Bonchev–Trinajstić information content (AvgIpc) is 3.03. The fourth-order valence-corrected chi connectivity index (χ4v) is 4.29. The molecule has 0 spiro atoms. The van der Waals surface area contributed by atoms with Crippen LogP contribution in [0.25, 0.3) is 10.9 Å². The molecule has 0 aliphatic heterocycles. The van der Waals surface area contributed by atoms with E-state index < -0.39 is 21.5 Å². The molecule has 0 radical (unpaired) electrons. The molecule has 0 aliphatic carbocycles. The van der Waals surface area contributed by atoms with E-state index in [2.05, 4.69) is 10.3 Å². The third kappa shape index (κ3) is 4.98. The van der Waals surface area contributed by atoms with Gasteiger partial charge in [0, 0.05) is 23.6 Å². The second kappa shape index (κ2) is 7.91. The molecule has 0 saturated heterocycles. The molecule has 3 rings (SSSR count). The van der Waals surface area contributed by atoms with Crippen molar-refractivity contribution < 1.29 is 17.9 Å². The van der Waals surface area contributed by atoms with Crippen molar-refractivity contribution in [3.63, 3.8) is 0 Å². The number of H-pyrrole nitrogens is 1. The Morgan fingerprint density at radius 2 is 1.72 bits per heavy atom. The lowest BCUT2D eigenvalue weighted by Crippen LogP contribution is -2.33. The Labute approximate surface area is 171 Å². The molecule has 0 fully saturated rings. The standard InChI is InChI=1S/C22H26N2O4S/c1-15-5-7-17(8-6-15)29(26,27)18-9-10-20-19(13-18)16(14-24-20)11-12-23-21(25)28-22(2,3)4/h5-10,13-14,24H,11-12H2,1-4H3,(H,23,25). The van der Waals surface area contributed by atoms with E-state index in [1.54, 1.807) is 42.5 Å². The molecular formula is C22H26N2O4S. The number of hydrogen-bond donors (Lipinski definition) is 2. The monoisotopic (exact) mass is 414 g/mol. The van der Waals surface area contributed by atoms with Crippen molar-refractivity contribution in [3.05, 3.63) is 59.8 Å². The first-order chi connectivity index (χ1) is 13.6. The van der Waals surface area contributed by atoms with Gasteiger partial charge in [0.25, 0.3) is 0 Å². The fourth-order valence-electron chi connectivity index (χ4n) is 3.00. The van der Waals surface area contributed by atoms with Gasteiger partial charge >= 0.3 is 6.09 Å². The summed E-state index contributed by atoms with van der Waals surface area (Å²) < 4.78 is 31.2. The maximum absolute atomic E-state index is 13.0. The maximum atomic E-state index is 13.0. The zero-order valence-corrected chi connectivity index (χ0v) is 17.9. The Kier molecular flexibility index (Phi) is 5.71. The van der Waals surface area contributed by atoms with Crippen LogP contribution in [0.15, 0.2) is 58.5 Å². The van der Waals surface area contributed by atoms with Gasteiger partial charge in [-0.25, -0.2) is 13.2 Å². The third-order valence-corrected chi connectivity index (χ3v) is 6.21. The quantitative estimate of drug-likeness (QED) is 0.649. The highest BCUT2D eigenvalue weighted by Crippen LogP contribution is 2.27. The van der Waals surface area contributed by atoms with Gasteiger partial charge in [-0.15, -0.1) is 0 Å². The van der Waals surface area contributed by atoms with E-state index in [1.165, 1.54) is 0 Å². The summed E-state index contributed by atoms with van der Waals surface area (Å²) in [5.74, 6) is 0. The van der Waals surface area contributed by atoms with E-state index >= 15 is 0 Å². The Bertz CT molecular complexity index is 1120. The van der Waals surface area contributed by atoms with Crippen LogP contribution in [0.1, 0.15) is 31.9 Å². The van der Waals surface area contributed by atoms with Crippen LogP contribution in [0.2, 0.25) is 0 Å². The molecule has 0 saturated carbocycles. The van der Waals surface area contributed by atoms with Crippen molar-refractivity contribution in [2.24, 2.45) is 0 Å². The first-order valence-electron chi connectivity index (χ1n) is 9.45.